The molecule has 15 heavy (non-hydrogen) atoms. The van der Waals surface area contributed by atoms with E-state index < -0.39 is 0 Å². The predicted octanol–water partition coefficient (Wildman–Crippen LogP) is 1.61. The molecule has 1 fully saturated rings. The van der Waals surface area contributed by atoms with Gasteiger partial charge in [0.2, 0.25) is 0 Å². The Morgan fingerprint density at radius 2 is 2.53 bits per heavy atom. The molecule has 3 nitrogen and oxygen atoms in total. The van der Waals surface area contributed by atoms with Crippen LogP contribution in [0.4, 0.5) is 0 Å². The van der Waals surface area contributed by atoms with E-state index in [1.165, 1.54) is 0 Å². The average Bonchev–Trinajstić information content (AvgIpc) is 2.65. The van der Waals surface area contributed by atoms with Crippen LogP contribution in [0.3, 0.4) is 0 Å². The van der Waals surface area contributed by atoms with Crippen LogP contribution in [0.15, 0.2) is 15.9 Å². The highest BCUT2D eigenvalue weighted by atomic mass is 79.9. The fraction of sp³-hybridized carbons (Fsp3) is 0.500. The molecule has 0 spiro atoms. The van der Waals surface area contributed by atoms with E-state index in [1.54, 1.807) is 11.3 Å². The van der Waals surface area contributed by atoms with E-state index in [2.05, 4.69) is 21.2 Å². The molecule has 2 rings (SSSR count). The first-order valence-corrected chi connectivity index (χ1v) is 6.46. The second kappa shape index (κ2) is 5.21. The van der Waals surface area contributed by atoms with Crippen molar-refractivity contribution in [1.29, 1.82) is 0 Å². The van der Waals surface area contributed by atoms with Gasteiger partial charge in [0.15, 0.2) is 5.78 Å². The number of ether oxygens (including phenoxy) is 1. The minimum absolute atomic E-state index is 0.163. The van der Waals surface area contributed by atoms with E-state index in [0.29, 0.717) is 19.6 Å². The highest BCUT2D eigenvalue weighted by Gasteiger charge is 2.21. The number of morpholine rings is 1. The van der Waals surface area contributed by atoms with Crippen molar-refractivity contribution in [3.63, 3.8) is 0 Å². The van der Waals surface area contributed by atoms with Crippen molar-refractivity contribution in [2.75, 3.05) is 19.7 Å². The molecule has 1 atom stereocenters. The fourth-order valence-electron chi connectivity index (χ4n) is 1.50. The standard InChI is InChI=1S/C10H12BrNO2S/c11-10-2-1-7(15-10)5-8(13)9-6-12-3-4-14-9/h1-2,9,12H,3-6H2. The second-order valence-corrected chi connectivity index (χ2v) is 5.96. The third-order valence-electron chi connectivity index (χ3n) is 2.26. The Labute approximate surface area is 101 Å². The van der Waals surface area contributed by atoms with Gasteiger partial charge in [0, 0.05) is 24.4 Å². The summed E-state index contributed by atoms with van der Waals surface area (Å²) in [4.78, 5) is 12.9. The molecule has 1 N–H and O–H groups in total. The van der Waals surface area contributed by atoms with Crippen molar-refractivity contribution in [3.05, 3.63) is 20.8 Å². The summed E-state index contributed by atoms with van der Waals surface area (Å²) in [5, 5.41) is 3.16. The van der Waals surface area contributed by atoms with E-state index in [-0.39, 0.29) is 11.9 Å². The molecule has 2 heterocycles. The lowest BCUT2D eigenvalue weighted by Gasteiger charge is -2.22. The van der Waals surface area contributed by atoms with Crippen LogP contribution in [0.5, 0.6) is 0 Å². The van der Waals surface area contributed by atoms with E-state index in [1.807, 2.05) is 12.1 Å². The first-order chi connectivity index (χ1) is 7.25. The summed E-state index contributed by atoms with van der Waals surface area (Å²) in [6.45, 7) is 2.12. The van der Waals surface area contributed by atoms with Gasteiger partial charge >= 0.3 is 0 Å². The average molecular weight is 290 g/mol. The van der Waals surface area contributed by atoms with Crippen molar-refractivity contribution in [2.24, 2.45) is 0 Å². The van der Waals surface area contributed by atoms with Crippen molar-refractivity contribution in [3.8, 4) is 0 Å². The molecule has 0 amide bonds. The Hall–Kier alpha value is -0.230. The Balaban J connectivity index is 1.91. The number of hydrogen-bond donors (Lipinski definition) is 1. The topological polar surface area (TPSA) is 38.3 Å². The normalized spacial score (nSPS) is 21.5. The van der Waals surface area contributed by atoms with Gasteiger partial charge in [-0.15, -0.1) is 11.3 Å². The van der Waals surface area contributed by atoms with E-state index >= 15 is 0 Å². The predicted molar refractivity (Wildman–Crippen MR) is 63.3 cm³/mol. The van der Waals surface area contributed by atoms with Crippen molar-refractivity contribution in [2.45, 2.75) is 12.5 Å². The zero-order valence-corrected chi connectivity index (χ0v) is 10.6. The van der Waals surface area contributed by atoms with Gasteiger partial charge < -0.3 is 10.1 Å². The molecule has 0 radical (unpaired) electrons. The number of thiophene rings is 1. The molecule has 1 saturated heterocycles. The largest absolute Gasteiger partial charge is 0.368 e. The summed E-state index contributed by atoms with van der Waals surface area (Å²) >= 11 is 4.98. The molecule has 1 unspecified atom stereocenters. The van der Waals surface area contributed by atoms with Crippen molar-refractivity contribution < 1.29 is 9.53 Å². The highest BCUT2D eigenvalue weighted by Crippen LogP contribution is 2.23. The Bertz CT molecular complexity index is 347. The van der Waals surface area contributed by atoms with Crippen LogP contribution in [0.1, 0.15) is 4.88 Å². The molecule has 1 aromatic heterocycles. The number of carbonyl (C=O) groups excluding carboxylic acids is 1. The van der Waals surface area contributed by atoms with Crippen LogP contribution in [-0.2, 0) is 16.0 Å². The third kappa shape index (κ3) is 3.11. The van der Waals surface area contributed by atoms with Crippen LogP contribution in [0.2, 0.25) is 0 Å². The summed E-state index contributed by atoms with van der Waals surface area (Å²) in [5.41, 5.74) is 0. The molecule has 0 aromatic carbocycles. The first kappa shape index (κ1) is 11.3. The van der Waals surface area contributed by atoms with Crippen molar-refractivity contribution >= 4 is 33.0 Å². The number of halogens is 1. The molecule has 5 heteroatoms. The lowest BCUT2D eigenvalue weighted by Crippen LogP contribution is -2.43. The maximum Gasteiger partial charge on any atom is 0.168 e. The summed E-state index contributed by atoms with van der Waals surface area (Å²) < 4.78 is 6.46. The van der Waals surface area contributed by atoms with Crippen LogP contribution in [0, 0.1) is 0 Å². The zero-order chi connectivity index (χ0) is 10.7. The first-order valence-electron chi connectivity index (χ1n) is 4.85. The smallest absolute Gasteiger partial charge is 0.168 e. The van der Waals surface area contributed by atoms with Crippen LogP contribution >= 0.6 is 27.3 Å². The van der Waals surface area contributed by atoms with Crippen LogP contribution in [-0.4, -0.2) is 31.6 Å². The Morgan fingerprint density at radius 1 is 1.67 bits per heavy atom. The SMILES string of the molecule is O=C(Cc1ccc(Br)s1)C1CNCCO1. The number of nitrogens with one attached hydrogen (secondary N) is 1. The van der Waals surface area contributed by atoms with E-state index in [9.17, 15) is 4.79 Å². The summed E-state index contributed by atoms with van der Waals surface area (Å²) in [7, 11) is 0. The minimum atomic E-state index is -0.264. The van der Waals surface area contributed by atoms with Crippen LogP contribution in [0.25, 0.3) is 0 Å². The number of ketones is 1. The summed E-state index contributed by atoms with van der Waals surface area (Å²) in [6, 6.07) is 3.94. The molecule has 1 aliphatic heterocycles. The van der Waals surface area contributed by atoms with E-state index in [4.69, 9.17) is 4.74 Å². The van der Waals surface area contributed by atoms with Gasteiger partial charge in [-0.25, -0.2) is 0 Å². The number of carbonyl (C=O) groups is 1. The molecule has 1 aliphatic rings. The lowest BCUT2D eigenvalue weighted by atomic mass is 10.1. The second-order valence-electron chi connectivity index (χ2n) is 3.41. The maximum atomic E-state index is 11.8. The molecular formula is C10H12BrNO2S. The fourth-order valence-corrected chi connectivity index (χ4v) is 3.00. The van der Waals surface area contributed by atoms with Gasteiger partial charge in [0.05, 0.1) is 10.4 Å². The Kier molecular flexibility index (Phi) is 3.91. The quantitative estimate of drug-likeness (QED) is 0.919. The molecule has 0 saturated carbocycles. The summed E-state index contributed by atoms with van der Waals surface area (Å²) in [5.74, 6) is 0.163. The molecular weight excluding hydrogens is 278 g/mol. The van der Waals surface area contributed by atoms with E-state index in [0.717, 1.165) is 15.2 Å². The third-order valence-corrected chi connectivity index (χ3v) is 3.89. The van der Waals surface area contributed by atoms with Gasteiger partial charge in [0.25, 0.3) is 0 Å². The van der Waals surface area contributed by atoms with Crippen LogP contribution < -0.4 is 5.32 Å². The molecule has 0 bridgehead atoms. The summed E-state index contributed by atoms with van der Waals surface area (Å²) in [6.07, 6.45) is 0.211. The minimum Gasteiger partial charge on any atom is -0.368 e. The van der Waals surface area contributed by atoms with Gasteiger partial charge in [-0.3, -0.25) is 4.79 Å². The number of Topliss-reactive ketones (excluding diaryl/α,β-unsaturated/α-hetero) is 1. The highest BCUT2D eigenvalue weighted by molar-refractivity contribution is 9.11. The van der Waals surface area contributed by atoms with Crippen molar-refractivity contribution in [1.82, 2.24) is 5.32 Å². The number of rotatable bonds is 3. The van der Waals surface area contributed by atoms with Gasteiger partial charge in [-0.05, 0) is 28.1 Å². The monoisotopic (exact) mass is 289 g/mol. The molecule has 0 aliphatic carbocycles. The molecule has 82 valence electrons. The zero-order valence-electron chi connectivity index (χ0n) is 8.16. The Morgan fingerprint density at radius 3 is 3.13 bits per heavy atom. The lowest BCUT2D eigenvalue weighted by molar-refractivity contribution is -0.131. The van der Waals surface area contributed by atoms with Gasteiger partial charge in [0.1, 0.15) is 6.10 Å². The van der Waals surface area contributed by atoms with Gasteiger partial charge in [-0.1, -0.05) is 0 Å². The molecule has 1 aromatic rings. The number of hydrogen-bond acceptors (Lipinski definition) is 4. The van der Waals surface area contributed by atoms with Gasteiger partial charge in [-0.2, -0.15) is 0 Å². The maximum absolute atomic E-state index is 11.8.